The average Bonchev–Trinajstić information content (AvgIpc) is 2.85. The Morgan fingerprint density at radius 2 is 1.89 bits per heavy atom. The summed E-state index contributed by atoms with van der Waals surface area (Å²) in [7, 11) is 3.58. The maximum absolute atomic E-state index is 13.6. The van der Waals surface area contributed by atoms with Gasteiger partial charge in [0.25, 0.3) is 0 Å². The van der Waals surface area contributed by atoms with E-state index < -0.39 is 5.82 Å². The topological polar surface area (TPSA) is 50.4 Å². The van der Waals surface area contributed by atoms with Gasteiger partial charge < -0.3 is 5.11 Å². The van der Waals surface area contributed by atoms with Gasteiger partial charge in [-0.1, -0.05) is 6.07 Å². The quantitative estimate of drug-likeness (QED) is 0.772. The predicted octanol–water partition coefficient (Wildman–Crippen LogP) is 3.10. The molecule has 27 heavy (non-hydrogen) atoms. The fourth-order valence-corrected chi connectivity index (χ4v) is 4.21. The van der Waals surface area contributed by atoms with Gasteiger partial charge in [0.15, 0.2) is 0 Å². The van der Waals surface area contributed by atoms with Gasteiger partial charge in [-0.05, 0) is 60.7 Å². The second kappa shape index (κ2) is 6.85. The van der Waals surface area contributed by atoms with Crippen LogP contribution in [0.3, 0.4) is 0 Å². The monoisotopic (exact) mass is 369 g/mol. The number of rotatable bonds is 3. The van der Waals surface area contributed by atoms with Crippen LogP contribution in [0.15, 0.2) is 41.2 Å². The molecule has 1 aliphatic heterocycles. The number of hydrogen-bond acceptors (Lipinski definition) is 3. The number of fused-ring (bicyclic) bond motifs is 1. The van der Waals surface area contributed by atoms with Crippen LogP contribution < -0.4 is 5.69 Å². The number of aryl methyl sites for hydroxylation is 2. The zero-order valence-electron chi connectivity index (χ0n) is 15.7. The van der Waals surface area contributed by atoms with Crippen LogP contribution in [-0.4, -0.2) is 32.2 Å². The highest BCUT2D eigenvalue weighted by Crippen LogP contribution is 2.30. The summed E-state index contributed by atoms with van der Waals surface area (Å²) >= 11 is 0. The Balaban J connectivity index is 1.55. The second-order valence-electron chi connectivity index (χ2n) is 7.54. The van der Waals surface area contributed by atoms with Crippen molar-refractivity contribution >= 4 is 11.0 Å². The van der Waals surface area contributed by atoms with Gasteiger partial charge in [-0.2, -0.15) is 0 Å². The molecule has 0 radical (unpaired) electrons. The first kappa shape index (κ1) is 17.8. The van der Waals surface area contributed by atoms with E-state index in [9.17, 15) is 14.3 Å². The van der Waals surface area contributed by atoms with Crippen LogP contribution in [0.25, 0.3) is 11.0 Å². The Labute approximate surface area is 157 Å². The van der Waals surface area contributed by atoms with E-state index >= 15 is 0 Å². The van der Waals surface area contributed by atoms with Crippen molar-refractivity contribution in [3.63, 3.8) is 0 Å². The molecule has 5 nitrogen and oxygen atoms in total. The molecular weight excluding hydrogens is 345 g/mol. The van der Waals surface area contributed by atoms with Gasteiger partial charge in [0.05, 0.1) is 11.0 Å². The minimum absolute atomic E-state index is 0.0161. The van der Waals surface area contributed by atoms with Crippen LogP contribution in [0, 0.1) is 5.82 Å². The summed E-state index contributed by atoms with van der Waals surface area (Å²) in [4.78, 5) is 14.5. The van der Waals surface area contributed by atoms with Crippen molar-refractivity contribution in [1.29, 1.82) is 0 Å². The lowest BCUT2D eigenvalue weighted by Gasteiger charge is -2.33. The fourth-order valence-electron chi connectivity index (χ4n) is 4.21. The number of nitrogens with zero attached hydrogens (tertiary/aromatic N) is 3. The molecule has 1 N–H and O–H groups in total. The Hall–Kier alpha value is -2.60. The summed E-state index contributed by atoms with van der Waals surface area (Å²) in [6.07, 6.45) is 2.03. The van der Waals surface area contributed by atoms with Crippen molar-refractivity contribution in [3.8, 4) is 5.75 Å². The number of piperidine rings is 1. The van der Waals surface area contributed by atoms with Crippen LogP contribution in [0.4, 0.5) is 4.39 Å². The maximum atomic E-state index is 13.6. The molecule has 1 saturated heterocycles. The Morgan fingerprint density at radius 1 is 1.11 bits per heavy atom. The van der Waals surface area contributed by atoms with Gasteiger partial charge in [0.1, 0.15) is 11.6 Å². The lowest BCUT2D eigenvalue weighted by molar-refractivity contribution is 0.200. The third-order valence-corrected chi connectivity index (χ3v) is 5.62. The van der Waals surface area contributed by atoms with Crippen molar-refractivity contribution in [2.24, 2.45) is 14.1 Å². The molecule has 0 bridgehead atoms. The SMILES string of the molecule is Cn1c(=O)n(C)c2cc(CN3CCCC(c4cc(O)cc(F)c4)C3)ccc21. The lowest BCUT2D eigenvalue weighted by atomic mass is 9.90. The van der Waals surface area contributed by atoms with Gasteiger partial charge in [-0.3, -0.25) is 14.0 Å². The number of halogens is 1. The number of phenols is 1. The van der Waals surface area contributed by atoms with Crippen LogP contribution in [0.5, 0.6) is 5.75 Å². The fraction of sp³-hybridized carbons (Fsp3) is 0.381. The molecule has 1 aromatic heterocycles. The molecule has 1 unspecified atom stereocenters. The van der Waals surface area contributed by atoms with E-state index in [4.69, 9.17) is 0 Å². The number of likely N-dealkylation sites (tertiary alicyclic amines) is 1. The smallest absolute Gasteiger partial charge is 0.328 e. The molecule has 6 heteroatoms. The Bertz CT molecular complexity index is 1030. The van der Waals surface area contributed by atoms with Crippen molar-refractivity contribution < 1.29 is 9.50 Å². The number of aromatic nitrogens is 2. The molecule has 0 saturated carbocycles. The van der Waals surface area contributed by atoms with E-state index in [1.807, 2.05) is 6.07 Å². The Kier molecular flexibility index (Phi) is 4.52. The molecule has 4 rings (SSSR count). The summed E-state index contributed by atoms with van der Waals surface area (Å²) in [5.74, 6) is -0.194. The molecular formula is C21H24FN3O2. The highest BCUT2D eigenvalue weighted by molar-refractivity contribution is 5.76. The van der Waals surface area contributed by atoms with Crippen LogP contribution in [-0.2, 0) is 20.6 Å². The summed E-state index contributed by atoms with van der Waals surface area (Å²) in [6, 6.07) is 10.5. The van der Waals surface area contributed by atoms with Crippen LogP contribution in [0.2, 0.25) is 0 Å². The predicted molar refractivity (Wildman–Crippen MR) is 103 cm³/mol. The van der Waals surface area contributed by atoms with Crippen LogP contribution >= 0.6 is 0 Å². The number of phenolic OH excluding ortho intramolecular Hbond substituents is 1. The van der Waals surface area contributed by atoms with Gasteiger partial charge >= 0.3 is 5.69 Å². The zero-order valence-corrected chi connectivity index (χ0v) is 15.7. The summed E-state index contributed by atoms with van der Waals surface area (Å²) in [5, 5.41) is 9.69. The molecule has 2 heterocycles. The average molecular weight is 369 g/mol. The minimum Gasteiger partial charge on any atom is -0.508 e. The van der Waals surface area contributed by atoms with E-state index in [2.05, 4.69) is 17.0 Å². The van der Waals surface area contributed by atoms with Crippen molar-refractivity contribution in [2.75, 3.05) is 13.1 Å². The highest BCUT2D eigenvalue weighted by atomic mass is 19.1. The van der Waals surface area contributed by atoms with Gasteiger partial charge in [-0.25, -0.2) is 9.18 Å². The summed E-state index contributed by atoms with van der Waals surface area (Å²) < 4.78 is 17.0. The molecule has 2 aromatic carbocycles. The van der Waals surface area contributed by atoms with Crippen LogP contribution in [0.1, 0.15) is 29.9 Å². The molecule has 1 aliphatic rings. The summed E-state index contributed by atoms with van der Waals surface area (Å²) in [5.41, 5.74) is 3.86. The molecule has 0 aliphatic carbocycles. The Morgan fingerprint density at radius 3 is 2.67 bits per heavy atom. The summed E-state index contributed by atoms with van der Waals surface area (Å²) in [6.45, 7) is 2.61. The number of aromatic hydroxyl groups is 1. The largest absolute Gasteiger partial charge is 0.508 e. The first-order chi connectivity index (χ1) is 12.9. The first-order valence-corrected chi connectivity index (χ1v) is 9.28. The molecule has 1 fully saturated rings. The van der Waals surface area contributed by atoms with Crippen molar-refractivity contribution in [2.45, 2.75) is 25.3 Å². The zero-order chi connectivity index (χ0) is 19.1. The van der Waals surface area contributed by atoms with E-state index in [0.29, 0.717) is 0 Å². The molecule has 0 amide bonds. The van der Waals surface area contributed by atoms with Crippen molar-refractivity contribution in [3.05, 3.63) is 63.8 Å². The number of imidazole rings is 1. The molecule has 142 valence electrons. The second-order valence-corrected chi connectivity index (χ2v) is 7.54. The highest BCUT2D eigenvalue weighted by Gasteiger charge is 2.22. The van der Waals surface area contributed by atoms with Gasteiger partial charge in [0, 0.05) is 33.3 Å². The van der Waals surface area contributed by atoms with E-state index in [-0.39, 0.29) is 17.4 Å². The van der Waals surface area contributed by atoms with E-state index in [0.717, 1.165) is 60.7 Å². The van der Waals surface area contributed by atoms with E-state index in [1.165, 1.54) is 6.07 Å². The molecule has 1 atom stereocenters. The third kappa shape index (κ3) is 3.37. The van der Waals surface area contributed by atoms with Crippen molar-refractivity contribution in [1.82, 2.24) is 14.0 Å². The maximum Gasteiger partial charge on any atom is 0.328 e. The van der Waals surface area contributed by atoms with Gasteiger partial charge in [-0.15, -0.1) is 0 Å². The molecule has 3 aromatic rings. The van der Waals surface area contributed by atoms with Gasteiger partial charge in [0.2, 0.25) is 0 Å². The standard InChI is InChI=1S/C21H24FN3O2/c1-23-19-6-5-14(8-20(19)24(2)21(23)27)12-25-7-3-4-15(13-25)16-9-17(22)11-18(26)10-16/h5-6,8-11,15,26H,3-4,7,12-13H2,1-2H3. The first-order valence-electron chi connectivity index (χ1n) is 9.28. The lowest BCUT2D eigenvalue weighted by Crippen LogP contribution is -2.33. The molecule has 0 spiro atoms. The third-order valence-electron chi connectivity index (χ3n) is 5.62. The van der Waals surface area contributed by atoms with E-state index in [1.54, 1.807) is 29.3 Å². The normalized spacial score (nSPS) is 18.3. The minimum atomic E-state index is -0.391. The number of benzene rings is 2. The number of hydrogen-bond donors (Lipinski definition) is 1.